The zero-order valence-electron chi connectivity index (χ0n) is 19.8. The van der Waals surface area contributed by atoms with Crippen molar-refractivity contribution in [3.63, 3.8) is 0 Å². The molecule has 1 fully saturated rings. The van der Waals surface area contributed by atoms with E-state index in [4.69, 9.17) is 4.74 Å². The molecule has 1 atom stereocenters. The van der Waals surface area contributed by atoms with Crippen LogP contribution in [-0.4, -0.2) is 38.3 Å². The summed E-state index contributed by atoms with van der Waals surface area (Å²) in [5.41, 5.74) is 0.761. The molecule has 2 heterocycles. The maximum absolute atomic E-state index is 13.9. The van der Waals surface area contributed by atoms with Gasteiger partial charge in [-0.25, -0.2) is 9.37 Å². The number of halogens is 1. The number of hydrogen-bond donors (Lipinski definition) is 2. The third-order valence-corrected chi connectivity index (χ3v) is 6.94. The Labute approximate surface area is 211 Å². The molecular formula is C26H27FN4O4S. The van der Waals surface area contributed by atoms with Gasteiger partial charge in [-0.3, -0.25) is 18.8 Å². The summed E-state index contributed by atoms with van der Waals surface area (Å²) in [5.74, 6) is -1.03. The Balaban J connectivity index is 1.34. The van der Waals surface area contributed by atoms with Crippen molar-refractivity contribution < 1.29 is 22.9 Å². The summed E-state index contributed by atoms with van der Waals surface area (Å²) >= 11 is 0. The molecule has 0 spiro atoms. The van der Waals surface area contributed by atoms with Gasteiger partial charge in [-0.2, -0.15) is 0 Å². The molecule has 2 aromatic heterocycles. The predicted octanol–water partition coefficient (Wildman–Crippen LogP) is 3.75. The lowest BCUT2D eigenvalue weighted by Gasteiger charge is -2.28. The summed E-state index contributed by atoms with van der Waals surface area (Å²) in [5, 5.41) is 5.84. The Kier molecular flexibility index (Phi) is 8.37. The number of pyridine rings is 2. The highest BCUT2D eigenvalue weighted by atomic mass is 32.2. The third-order valence-electron chi connectivity index (χ3n) is 6.02. The second kappa shape index (κ2) is 11.9. The fourth-order valence-electron chi connectivity index (χ4n) is 4.09. The molecule has 36 heavy (non-hydrogen) atoms. The van der Waals surface area contributed by atoms with E-state index in [9.17, 15) is 18.2 Å². The van der Waals surface area contributed by atoms with Gasteiger partial charge in [0.2, 0.25) is 11.8 Å². The van der Waals surface area contributed by atoms with Crippen molar-refractivity contribution in [3.8, 4) is 11.6 Å². The van der Waals surface area contributed by atoms with Gasteiger partial charge in [-0.15, -0.1) is 0 Å². The van der Waals surface area contributed by atoms with E-state index in [0.717, 1.165) is 18.0 Å². The maximum atomic E-state index is 13.9. The Morgan fingerprint density at radius 1 is 1.08 bits per heavy atom. The molecule has 0 bridgehead atoms. The number of carbonyl (C=O) groups excluding carboxylic acids is 2. The van der Waals surface area contributed by atoms with E-state index < -0.39 is 22.5 Å². The van der Waals surface area contributed by atoms with Crippen molar-refractivity contribution >= 4 is 22.6 Å². The number of aromatic nitrogens is 2. The highest BCUT2D eigenvalue weighted by Gasteiger charge is 2.28. The van der Waals surface area contributed by atoms with E-state index in [1.165, 1.54) is 0 Å². The van der Waals surface area contributed by atoms with Crippen LogP contribution in [0.1, 0.15) is 41.7 Å². The van der Waals surface area contributed by atoms with Crippen molar-refractivity contribution in [1.29, 1.82) is 0 Å². The SMILES string of the molecule is CS(=O)c1cccc(Oc2ncc(F)cc2C(=O)NC2CCC(C(=O)NCc3ccccn3)CC2)c1. The average molecular weight is 511 g/mol. The Morgan fingerprint density at radius 2 is 1.89 bits per heavy atom. The van der Waals surface area contributed by atoms with Crippen LogP contribution in [0, 0.1) is 11.7 Å². The van der Waals surface area contributed by atoms with Gasteiger partial charge in [0.05, 0.1) is 18.4 Å². The fraction of sp³-hybridized carbons (Fsp3) is 0.308. The molecule has 4 rings (SSSR count). The van der Waals surface area contributed by atoms with E-state index in [-0.39, 0.29) is 29.3 Å². The number of ether oxygens (including phenoxy) is 1. The topological polar surface area (TPSA) is 110 Å². The number of nitrogens with one attached hydrogen (secondary N) is 2. The Bertz CT molecular complexity index is 1250. The number of nitrogens with zero attached hydrogens (tertiary/aromatic N) is 2. The van der Waals surface area contributed by atoms with Gasteiger partial charge < -0.3 is 15.4 Å². The minimum absolute atomic E-state index is 0.0225. The van der Waals surface area contributed by atoms with Gasteiger partial charge in [0.1, 0.15) is 17.1 Å². The number of benzene rings is 1. The van der Waals surface area contributed by atoms with Crippen LogP contribution in [0.15, 0.2) is 65.8 Å². The minimum Gasteiger partial charge on any atom is -0.438 e. The van der Waals surface area contributed by atoms with Crippen molar-refractivity contribution in [3.05, 3.63) is 78.0 Å². The van der Waals surface area contributed by atoms with Crippen LogP contribution >= 0.6 is 0 Å². The zero-order valence-corrected chi connectivity index (χ0v) is 20.6. The second-order valence-corrected chi connectivity index (χ2v) is 9.98. The van der Waals surface area contributed by atoms with E-state index in [1.807, 2.05) is 18.2 Å². The van der Waals surface area contributed by atoms with Gasteiger partial charge in [-0.05, 0) is 62.1 Å². The van der Waals surface area contributed by atoms with E-state index >= 15 is 0 Å². The van der Waals surface area contributed by atoms with Crippen LogP contribution in [0.4, 0.5) is 4.39 Å². The average Bonchev–Trinajstić information content (AvgIpc) is 2.89. The molecule has 0 aliphatic heterocycles. The first-order valence-electron chi connectivity index (χ1n) is 11.6. The van der Waals surface area contributed by atoms with Crippen LogP contribution in [0.2, 0.25) is 0 Å². The molecule has 1 unspecified atom stereocenters. The van der Waals surface area contributed by atoms with Gasteiger partial charge in [0, 0.05) is 40.1 Å². The summed E-state index contributed by atoms with van der Waals surface area (Å²) in [6, 6.07) is 13.1. The largest absolute Gasteiger partial charge is 0.438 e. The van der Waals surface area contributed by atoms with E-state index in [0.29, 0.717) is 42.9 Å². The molecule has 0 radical (unpaired) electrons. The molecule has 8 nitrogen and oxygen atoms in total. The number of hydrogen-bond acceptors (Lipinski definition) is 6. The van der Waals surface area contributed by atoms with Gasteiger partial charge in [0.15, 0.2) is 0 Å². The molecule has 3 aromatic rings. The fourth-order valence-corrected chi connectivity index (χ4v) is 4.64. The molecular weight excluding hydrogens is 483 g/mol. The molecule has 0 saturated heterocycles. The van der Waals surface area contributed by atoms with Crippen LogP contribution < -0.4 is 15.4 Å². The second-order valence-electron chi connectivity index (χ2n) is 8.60. The summed E-state index contributed by atoms with van der Waals surface area (Å²) in [6.45, 7) is 0.378. The zero-order chi connectivity index (χ0) is 25.5. The lowest BCUT2D eigenvalue weighted by Crippen LogP contribution is -2.41. The standard InChI is InChI=1S/C26H27FN4O4S/c1-36(34)22-7-4-6-21(14-22)35-26-23(13-18(27)15-30-26)25(33)31-19-10-8-17(9-11-19)24(32)29-16-20-5-2-3-12-28-20/h2-7,12-15,17,19H,8-11,16H2,1H3,(H,29,32)(H,31,33). The monoisotopic (exact) mass is 510 g/mol. The number of rotatable bonds is 8. The number of amides is 2. The maximum Gasteiger partial charge on any atom is 0.257 e. The quantitative estimate of drug-likeness (QED) is 0.478. The van der Waals surface area contributed by atoms with Crippen LogP contribution in [-0.2, 0) is 22.1 Å². The van der Waals surface area contributed by atoms with Crippen molar-refractivity contribution in [2.45, 2.75) is 43.2 Å². The lowest BCUT2D eigenvalue weighted by atomic mass is 9.85. The molecule has 10 heteroatoms. The molecule has 1 aliphatic carbocycles. The summed E-state index contributed by atoms with van der Waals surface area (Å²) < 4.78 is 31.4. The Hall–Kier alpha value is -3.66. The molecule has 1 aliphatic rings. The van der Waals surface area contributed by atoms with Crippen LogP contribution in [0.3, 0.4) is 0 Å². The van der Waals surface area contributed by atoms with E-state index in [2.05, 4.69) is 20.6 Å². The highest BCUT2D eigenvalue weighted by molar-refractivity contribution is 7.84. The molecule has 1 aromatic carbocycles. The first-order chi connectivity index (χ1) is 17.4. The smallest absolute Gasteiger partial charge is 0.257 e. The third kappa shape index (κ3) is 6.72. The van der Waals surface area contributed by atoms with Gasteiger partial charge >= 0.3 is 0 Å². The van der Waals surface area contributed by atoms with Crippen molar-refractivity contribution in [2.24, 2.45) is 5.92 Å². The molecule has 2 N–H and O–H groups in total. The molecule has 2 amide bonds. The minimum atomic E-state index is -1.21. The van der Waals surface area contributed by atoms with Crippen molar-refractivity contribution in [2.75, 3.05) is 6.26 Å². The first kappa shape index (κ1) is 25.4. The van der Waals surface area contributed by atoms with Crippen molar-refractivity contribution in [1.82, 2.24) is 20.6 Å². The van der Waals surface area contributed by atoms with Crippen LogP contribution in [0.25, 0.3) is 0 Å². The van der Waals surface area contributed by atoms with E-state index in [1.54, 1.807) is 36.7 Å². The summed E-state index contributed by atoms with van der Waals surface area (Å²) in [4.78, 5) is 34.2. The first-order valence-corrected chi connectivity index (χ1v) is 13.2. The Morgan fingerprint density at radius 3 is 2.61 bits per heavy atom. The number of carbonyl (C=O) groups is 2. The molecule has 1 saturated carbocycles. The highest BCUT2D eigenvalue weighted by Crippen LogP contribution is 2.28. The summed E-state index contributed by atoms with van der Waals surface area (Å²) in [6.07, 6.45) is 6.71. The van der Waals surface area contributed by atoms with Crippen LogP contribution in [0.5, 0.6) is 11.6 Å². The molecule has 188 valence electrons. The lowest BCUT2D eigenvalue weighted by molar-refractivity contribution is -0.126. The normalized spacial score (nSPS) is 18.2. The predicted molar refractivity (Wildman–Crippen MR) is 132 cm³/mol. The van der Waals surface area contributed by atoms with Gasteiger partial charge in [-0.1, -0.05) is 12.1 Å². The summed E-state index contributed by atoms with van der Waals surface area (Å²) in [7, 11) is -1.21. The van der Waals surface area contributed by atoms with Gasteiger partial charge in [0.25, 0.3) is 5.91 Å².